The number of carbonyl (C=O) groups excluding carboxylic acids is 3. The number of nitrogens with one attached hydrogen (secondary N) is 1. The van der Waals surface area contributed by atoms with Gasteiger partial charge in [0.2, 0.25) is 5.91 Å². The first kappa shape index (κ1) is 21.5. The number of benzene rings is 3. The van der Waals surface area contributed by atoms with Gasteiger partial charge < -0.3 is 5.32 Å². The fourth-order valence-electron chi connectivity index (χ4n) is 3.26. The third-order valence-electron chi connectivity index (χ3n) is 4.65. The van der Waals surface area contributed by atoms with Crippen LogP contribution in [0.4, 0.5) is 20.2 Å². The molecule has 3 aromatic carbocycles. The summed E-state index contributed by atoms with van der Waals surface area (Å²) in [5.41, 5.74) is 0.553. The van der Waals surface area contributed by atoms with Gasteiger partial charge in [0.1, 0.15) is 11.6 Å². The van der Waals surface area contributed by atoms with Crippen LogP contribution in [0.15, 0.2) is 82.6 Å². The minimum absolute atomic E-state index is 0.0712. The predicted octanol–water partition coefficient (Wildman–Crippen LogP) is 5.00. The van der Waals surface area contributed by atoms with Crippen molar-refractivity contribution in [2.75, 3.05) is 10.2 Å². The van der Waals surface area contributed by atoms with E-state index < -0.39 is 29.1 Å². The first-order valence-corrected chi connectivity index (χ1v) is 10.4. The normalized spacial score (nSPS) is 13.7. The smallest absolute Gasteiger partial charge is 0.273 e. The van der Waals surface area contributed by atoms with E-state index in [-0.39, 0.29) is 16.4 Å². The highest BCUT2D eigenvalue weighted by Crippen LogP contribution is 2.42. The van der Waals surface area contributed by atoms with Crippen LogP contribution in [0.5, 0.6) is 0 Å². The molecular weight excluding hydrogens is 434 g/mol. The van der Waals surface area contributed by atoms with Crippen molar-refractivity contribution in [3.63, 3.8) is 0 Å². The molecule has 3 amide bonds. The Hall–Kier alpha value is -3.78. The van der Waals surface area contributed by atoms with E-state index in [4.69, 9.17) is 0 Å². The molecule has 0 aliphatic carbocycles. The molecule has 8 heteroatoms. The molecule has 4 rings (SSSR count). The molecule has 0 atom stereocenters. The number of amides is 3. The van der Waals surface area contributed by atoms with Crippen molar-refractivity contribution in [1.82, 2.24) is 0 Å². The first-order valence-electron chi connectivity index (χ1n) is 9.54. The van der Waals surface area contributed by atoms with Crippen molar-refractivity contribution in [3.05, 3.63) is 94.9 Å². The minimum Gasteiger partial charge on any atom is -0.326 e. The third kappa shape index (κ3) is 4.17. The number of hydrogen-bond donors (Lipinski definition) is 1. The van der Waals surface area contributed by atoms with Gasteiger partial charge in [0.25, 0.3) is 11.8 Å². The number of anilines is 2. The topological polar surface area (TPSA) is 66.5 Å². The molecule has 0 saturated heterocycles. The molecule has 0 spiro atoms. The van der Waals surface area contributed by atoms with Gasteiger partial charge >= 0.3 is 0 Å². The van der Waals surface area contributed by atoms with Crippen LogP contribution in [0.1, 0.15) is 12.5 Å². The third-order valence-corrected chi connectivity index (χ3v) is 5.74. The summed E-state index contributed by atoms with van der Waals surface area (Å²) in [6, 6.07) is 17.9. The molecule has 1 heterocycles. The Kier molecular flexibility index (Phi) is 5.87. The summed E-state index contributed by atoms with van der Waals surface area (Å²) in [6.45, 7) is 1.37. The Bertz CT molecular complexity index is 1260. The van der Waals surface area contributed by atoms with Gasteiger partial charge in [-0.3, -0.25) is 14.4 Å². The number of hydrogen-bond acceptors (Lipinski definition) is 4. The van der Waals surface area contributed by atoms with E-state index in [1.165, 1.54) is 6.92 Å². The number of thioether (sulfide) groups is 1. The van der Waals surface area contributed by atoms with Gasteiger partial charge in [-0.1, -0.05) is 42.1 Å². The Morgan fingerprint density at radius 2 is 1.59 bits per heavy atom. The summed E-state index contributed by atoms with van der Waals surface area (Å²) < 4.78 is 28.2. The highest BCUT2D eigenvalue weighted by molar-refractivity contribution is 8.04. The lowest BCUT2D eigenvalue weighted by molar-refractivity contribution is -0.120. The lowest BCUT2D eigenvalue weighted by Crippen LogP contribution is -2.32. The van der Waals surface area contributed by atoms with Crippen molar-refractivity contribution in [3.8, 4) is 0 Å². The van der Waals surface area contributed by atoms with Crippen molar-refractivity contribution in [1.29, 1.82) is 0 Å². The summed E-state index contributed by atoms with van der Waals surface area (Å²) >= 11 is 1.07. The van der Waals surface area contributed by atoms with Gasteiger partial charge in [0, 0.05) is 23.6 Å². The zero-order valence-electron chi connectivity index (χ0n) is 16.8. The largest absolute Gasteiger partial charge is 0.326 e. The molecule has 32 heavy (non-hydrogen) atoms. The Morgan fingerprint density at radius 3 is 2.25 bits per heavy atom. The molecule has 0 unspecified atom stereocenters. The lowest BCUT2D eigenvalue weighted by atomic mass is 10.1. The molecule has 160 valence electrons. The van der Waals surface area contributed by atoms with Crippen LogP contribution < -0.4 is 10.2 Å². The van der Waals surface area contributed by atoms with E-state index in [2.05, 4.69) is 5.32 Å². The second-order valence-corrected chi connectivity index (χ2v) is 8.00. The Balaban J connectivity index is 1.81. The molecule has 3 aromatic rings. The summed E-state index contributed by atoms with van der Waals surface area (Å²) in [5, 5.41) is 2.63. The molecule has 1 aliphatic rings. The van der Waals surface area contributed by atoms with Crippen molar-refractivity contribution < 1.29 is 23.2 Å². The van der Waals surface area contributed by atoms with Gasteiger partial charge in [-0.15, -0.1) is 0 Å². The molecule has 1 aliphatic heterocycles. The fourth-order valence-corrected chi connectivity index (χ4v) is 4.28. The molecule has 5 nitrogen and oxygen atoms in total. The van der Waals surface area contributed by atoms with Crippen LogP contribution in [0.3, 0.4) is 0 Å². The summed E-state index contributed by atoms with van der Waals surface area (Å²) in [5.74, 6) is -3.41. The maximum atomic E-state index is 14.4. The van der Waals surface area contributed by atoms with Gasteiger partial charge in [0.05, 0.1) is 16.2 Å². The average Bonchev–Trinajstić information content (AvgIpc) is 3.00. The number of carbonyl (C=O) groups is 3. The summed E-state index contributed by atoms with van der Waals surface area (Å²) in [4.78, 5) is 39.3. The zero-order valence-corrected chi connectivity index (χ0v) is 17.6. The fraction of sp³-hybridized carbons (Fsp3) is 0.0417. The Labute approximate surface area is 186 Å². The maximum absolute atomic E-state index is 14.4. The first-order chi connectivity index (χ1) is 15.3. The molecular formula is C24H16F2N2O3S. The van der Waals surface area contributed by atoms with Crippen LogP contribution in [-0.4, -0.2) is 17.7 Å². The van der Waals surface area contributed by atoms with E-state index in [9.17, 15) is 23.2 Å². The van der Waals surface area contributed by atoms with E-state index in [0.29, 0.717) is 21.0 Å². The van der Waals surface area contributed by atoms with Crippen molar-refractivity contribution in [2.45, 2.75) is 11.8 Å². The second kappa shape index (κ2) is 8.76. The monoisotopic (exact) mass is 450 g/mol. The van der Waals surface area contributed by atoms with E-state index in [0.717, 1.165) is 30.0 Å². The van der Waals surface area contributed by atoms with Crippen LogP contribution in [0.25, 0.3) is 5.57 Å². The van der Waals surface area contributed by atoms with Crippen LogP contribution in [0.2, 0.25) is 0 Å². The van der Waals surface area contributed by atoms with Crippen LogP contribution in [0, 0.1) is 11.6 Å². The van der Waals surface area contributed by atoms with E-state index in [1.54, 1.807) is 48.5 Å². The van der Waals surface area contributed by atoms with Gasteiger partial charge in [0.15, 0.2) is 0 Å². The van der Waals surface area contributed by atoms with Crippen molar-refractivity contribution in [2.24, 2.45) is 0 Å². The van der Waals surface area contributed by atoms with Crippen molar-refractivity contribution >= 4 is 46.4 Å². The van der Waals surface area contributed by atoms with Gasteiger partial charge in [-0.05, 0) is 42.0 Å². The molecule has 0 fully saturated rings. The number of rotatable bonds is 5. The average molecular weight is 450 g/mol. The highest BCUT2D eigenvalue weighted by Gasteiger charge is 2.41. The van der Waals surface area contributed by atoms with E-state index >= 15 is 0 Å². The molecule has 0 radical (unpaired) electrons. The lowest BCUT2D eigenvalue weighted by Gasteiger charge is -2.16. The summed E-state index contributed by atoms with van der Waals surface area (Å²) in [7, 11) is 0. The standard InChI is InChI=1S/C24H16F2N2O3S/c1-14(29)27-17-10-7-15(8-11-17)21-22(32-18-5-3-2-4-6-18)24(31)28(23(21)30)20-13-16(25)9-12-19(20)26/h2-13H,1H3,(H,27,29). The summed E-state index contributed by atoms with van der Waals surface area (Å²) in [6.07, 6.45) is 0. The number of imide groups is 1. The maximum Gasteiger partial charge on any atom is 0.273 e. The Morgan fingerprint density at radius 1 is 0.906 bits per heavy atom. The molecule has 1 N–H and O–H groups in total. The number of nitrogens with zero attached hydrogens (tertiary/aromatic N) is 1. The second-order valence-electron chi connectivity index (χ2n) is 6.92. The molecule has 0 saturated carbocycles. The minimum atomic E-state index is -0.889. The molecule has 0 bridgehead atoms. The van der Waals surface area contributed by atoms with Gasteiger partial charge in [-0.25, -0.2) is 13.7 Å². The zero-order chi connectivity index (χ0) is 22.8. The van der Waals surface area contributed by atoms with E-state index in [1.807, 2.05) is 6.07 Å². The molecule has 0 aromatic heterocycles. The van der Waals surface area contributed by atoms with Crippen LogP contribution >= 0.6 is 11.8 Å². The quantitative estimate of drug-likeness (QED) is 0.556. The van der Waals surface area contributed by atoms with Crippen LogP contribution in [-0.2, 0) is 14.4 Å². The van der Waals surface area contributed by atoms with Gasteiger partial charge in [-0.2, -0.15) is 0 Å². The predicted molar refractivity (Wildman–Crippen MR) is 119 cm³/mol. The highest BCUT2D eigenvalue weighted by atomic mass is 32.2. The SMILES string of the molecule is CC(=O)Nc1ccc(C2=C(Sc3ccccc3)C(=O)N(c3cc(F)ccc3F)C2=O)cc1. The number of halogens is 2.